The summed E-state index contributed by atoms with van der Waals surface area (Å²) in [6, 6.07) is 11.5. The lowest BCUT2D eigenvalue weighted by Crippen LogP contribution is -2.49. The predicted molar refractivity (Wildman–Crippen MR) is 125 cm³/mol. The van der Waals surface area contributed by atoms with Crippen molar-refractivity contribution in [3.63, 3.8) is 0 Å². The minimum Gasteiger partial charge on any atom is -0.339 e. The van der Waals surface area contributed by atoms with E-state index in [4.69, 9.17) is 0 Å². The number of aromatic amines is 1. The van der Waals surface area contributed by atoms with Crippen molar-refractivity contribution in [2.45, 2.75) is 6.18 Å². The second-order valence-corrected chi connectivity index (χ2v) is 8.34. The number of rotatable bonds is 3. The summed E-state index contributed by atoms with van der Waals surface area (Å²) in [4.78, 5) is 39.6. The standard InChI is InChI=1S/C25H19F4N5O2/c26-20-12-15(5-6-18(20)16-11-17(14-30-13-16)25(27,28)29)23(36)33-7-9-34(10-8-33)24-31-21-4-2-1-3-19(21)22(35)32-24/h1-6,11-14H,7-10H2,(H,31,32,35). The zero-order valence-corrected chi connectivity index (χ0v) is 18.7. The van der Waals surface area contributed by atoms with Crippen LogP contribution in [0.2, 0.25) is 0 Å². The summed E-state index contributed by atoms with van der Waals surface area (Å²) in [5.41, 5.74) is -0.698. The monoisotopic (exact) mass is 497 g/mol. The Bertz CT molecular complexity index is 1510. The predicted octanol–water partition coefficient (Wildman–Crippen LogP) is 4.11. The minimum absolute atomic E-state index is 0.0354. The van der Waals surface area contributed by atoms with Gasteiger partial charge in [0, 0.05) is 55.3 Å². The number of para-hydroxylation sites is 1. The number of H-pyrrole nitrogens is 1. The number of carbonyl (C=O) groups excluding carboxylic acids is 1. The number of anilines is 1. The van der Waals surface area contributed by atoms with E-state index >= 15 is 0 Å². The third-order valence-corrected chi connectivity index (χ3v) is 6.06. The van der Waals surface area contributed by atoms with Crippen molar-refractivity contribution in [2.24, 2.45) is 0 Å². The van der Waals surface area contributed by atoms with Crippen molar-refractivity contribution < 1.29 is 22.4 Å². The molecule has 1 amide bonds. The van der Waals surface area contributed by atoms with Gasteiger partial charge in [-0.3, -0.25) is 19.6 Å². The molecule has 1 fully saturated rings. The molecule has 1 aliphatic heterocycles. The highest BCUT2D eigenvalue weighted by molar-refractivity contribution is 5.95. The molecule has 0 atom stereocenters. The second kappa shape index (κ2) is 9.06. The largest absolute Gasteiger partial charge is 0.417 e. The topological polar surface area (TPSA) is 82.2 Å². The highest BCUT2D eigenvalue weighted by Crippen LogP contribution is 2.32. The van der Waals surface area contributed by atoms with E-state index in [1.54, 1.807) is 29.2 Å². The molecule has 0 saturated carbocycles. The molecule has 1 N–H and O–H groups in total. The van der Waals surface area contributed by atoms with Gasteiger partial charge in [-0.05, 0) is 30.3 Å². The quantitative estimate of drug-likeness (QED) is 0.431. The number of nitrogens with one attached hydrogen (secondary N) is 1. The van der Waals surface area contributed by atoms with Crippen molar-refractivity contribution in [2.75, 3.05) is 31.1 Å². The molecule has 0 unspecified atom stereocenters. The smallest absolute Gasteiger partial charge is 0.339 e. The molecule has 0 aliphatic carbocycles. The first-order valence-corrected chi connectivity index (χ1v) is 11.1. The maximum atomic E-state index is 14.8. The van der Waals surface area contributed by atoms with Gasteiger partial charge in [-0.1, -0.05) is 18.2 Å². The Morgan fingerprint density at radius 3 is 2.44 bits per heavy atom. The molecule has 2 aromatic carbocycles. The van der Waals surface area contributed by atoms with Gasteiger partial charge in [0.05, 0.1) is 16.5 Å². The van der Waals surface area contributed by atoms with Gasteiger partial charge in [-0.25, -0.2) is 9.37 Å². The summed E-state index contributed by atoms with van der Waals surface area (Å²) in [5.74, 6) is -0.809. The molecule has 5 rings (SSSR count). The summed E-state index contributed by atoms with van der Waals surface area (Å²) in [6.07, 6.45) is -2.80. The van der Waals surface area contributed by atoms with Crippen LogP contribution in [-0.4, -0.2) is 51.9 Å². The average molecular weight is 497 g/mol. The summed E-state index contributed by atoms with van der Waals surface area (Å²) in [6.45, 7) is 1.44. The van der Waals surface area contributed by atoms with E-state index in [1.807, 2.05) is 4.90 Å². The Hall–Kier alpha value is -4.28. The number of benzene rings is 2. The Morgan fingerprint density at radius 2 is 1.72 bits per heavy atom. The fourth-order valence-corrected chi connectivity index (χ4v) is 4.15. The number of hydrogen-bond acceptors (Lipinski definition) is 5. The number of carbonyl (C=O) groups is 1. The zero-order chi connectivity index (χ0) is 25.4. The number of piperazine rings is 1. The third-order valence-electron chi connectivity index (χ3n) is 6.06. The highest BCUT2D eigenvalue weighted by atomic mass is 19.4. The lowest BCUT2D eigenvalue weighted by molar-refractivity contribution is -0.137. The van der Waals surface area contributed by atoms with Gasteiger partial charge in [0.2, 0.25) is 5.95 Å². The molecule has 3 heterocycles. The summed E-state index contributed by atoms with van der Waals surface area (Å²) >= 11 is 0. The fraction of sp³-hybridized carbons (Fsp3) is 0.200. The first-order chi connectivity index (χ1) is 17.2. The molecule has 4 aromatic rings. The van der Waals surface area contributed by atoms with E-state index in [-0.39, 0.29) is 22.2 Å². The van der Waals surface area contributed by atoms with Gasteiger partial charge in [-0.15, -0.1) is 0 Å². The van der Waals surface area contributed by atoms with Crippen LogP contribution in [-0.2, 0) is 6.18 Å². The van der Waals surface area contributed by atoms with Crippen molar-refractivity contribution in [3.8, 4) is 11.1 Å². The van der Waals surface area contributed by atoms with Gasteiger partial charge in [0.25, 0.3) is 11.5 Å². The summed E-state index contributed by atoms with van der Waals surface area (Å²) < 4.78 is 53.7. The van der Waals surface area contributed by atoms with Crippen molar-refractivity contribution >= 4 is 22.8 Å². The van der Waals surface area contributed by atoms with E-state index in [0.29, 0.717) is 49.2 Å². The van der Waals surface area contributed by atoms with Crippen molar-refractivity contribution in [1.29, 1.82) is 0 Å². The highest BCUT2D eigenvalue weighted by Gasteiger charge is 2.31. The molecule has 184 valence electrons. The molecule has 11 heteroatoms. The van der Waals surface area contributed by atoms with Gasteiger partial charge < -0.3 is 9.80 Å². The minimum atomic E-state index is -4.60. The van der Waals surface area contributed by atoms with Crippen LogP contribution in [0.3, 0.4) is 0 Å². The van der Waals surface area contributed by atoms with Crippen LogP contribution in [0, 0.1) is 5.82 Å². The number of aromatic nitrogens is 3. The Labute approximate surface area is 202 Å². The number of alkyl halides is 3. The molecular formula is C25H19F4N5O2. The SMILES string of the molecule is O=C(c1ccc(-c2cncc(C(F)(F)F)c2)c(F)c1)N1CCN(c2nc3ccccc3c(=O)[nH]2)CC1. The van der Waals surface area contributed by atoms with E-state index < -0.39 is 23.5 Å². The summed E-state index contributed by atoms with van der Waals surface area (Å²) in [5, 5.41) is 0.487. The molecule has 0 spiro atoms. The van der Waals surface area contributed by atoms with Crippen LogP contribution in [0.4, 0.5) is 23.5 Å². The lowest BCUT2D eigenvalue weighted by atomic mass is 10.0. The Morgan fingerprint density at radius 1 is 0.972 bits per heavy atom. The molecule has 0 radical (unpaired) electrons. The lowest BCUT2D eigenvalue weighted by Gasteiger charge is -2.35. The van der Waals surface area contributed by atoms with Gasteiger partial charge in [0.15, 0.2) is 0 Å². The van der Waals surface area contributed by atoms with Crippen LogP contribution in [0.1, 0.15) is 15.9 Å². The van der Waals surface area contributed by atoms with Crippen molar-refractivity contribution in [1.82, 2.24) is 19.9 Å². The first kappa shape index (κ1) is 23.5. The van der Waals surface area contributed by atoms with E-state index in [9.17, 15) is 27.2 Å². The van der Waals surface area contributed by atoms with Crippen molar-refractivity contribution in [3.05, 3.63) is 88.2 Å². The van der Waals surface area contributed by atoms with Crippen LogP contribution in [0.5, 0.6) is 0 Å². The van der Waals surface area contributed by atoms with Crippen LogP contribution >= 0.6 is 0 Å². The fourth-order valence-electron chi connectivity index (χ4n) is 4.15. The van der Waals surface area contributed by atoms with E-state index in [1.165, 1.54) is 12.1 Å². The van der Waals surface area contributed by atoms with E-state index in [0.717, 1.165) is 18.3 Å². The summed E-state index contributed by atoms with van der Waals surface area (Å²) in [7, 11) is 0. The number of halogens is 4. The van der Waals surface area contributed by atoms with Crippen LogP contribution in [0.25, 0.3) is 22.0 Å². The Balaban J connectivity index is 1.30. The van der Waals surface area contributed by atoms with Gasteiger partial charge >= 0.3 is 6.18 Å². The molecule has 0 bridgehead atoms. The number of hydrogen-bond donors (Lipinski definition) is 1. The maximum absolute atomic E-state index is 14.8. The number of amides is 1. The number of nitrogens with zero attached hydrogens (tertiary/aromatic N) is 4. The molecule has 1 saturated heterocycles. The first-order valence-electron chi connectivity index (χ1n) is 11.1. The molecule has 36 heavy (non-hydrogen) atoms. The van der Waals surface area contributed by atoms with Crippen LogP contribution in [0.15, 0.2) is 65.7 Å². The maximum Gasteiger partial charge on any atom is 0.417 e. The molecule has 1 aliphatic rings. The second-order valence-electron chi connectivity index (χ2n) is 8.34. The van der Waals surface area contributed by atoms with Gasteiger partial charge in [-0.2, -0.15) is 13.2 Å². The third kappa shape index (κ3) is 4.51. The number of fused-ring (bicyclic) bond motifs is 1. The molecular weight excluding hydrogens is 478 g/mol. The van der Waals surface area contributed by atoms with E-state index in [2.05, 4.69) is 15.0 Å². The average Bonchev–Trinajstić information content (AvgIpc) is 2.88. The zero-order valence-electron chi connectivity index (χ0n) is 18.7. The molecule has 7 nitrogen and oxygen atoms in total. The Kier molecular flexibility index (Phi) is 5.91. The molecule has 2 aromatic heterocycles. The van der Waals surface area contributed by atoms with Gasteiger partial charge in [0.1, 0.15) is 5.82 Å². The normalized spacial score (nSPS) is 14.3. The van der Waals surface area contributed by atoms with Crippen LogP contribution < -0.4 is 10.5 Å². The number of pyridine rings is 1.